The number of carbonyl (C=O) groups excluding carboxylic acids is 1. The minimum Gasteiger partial charge on any atom is -0.459 e. The van der Waals surface area contributed by atoms with Crippen LogP contribution in [0.1, 0.15) is 50.6 Å². The molecule has 2 heterocycles. The Kier molecular flexibility index (Phi) is 3.56. The van der Waals surface area contributed by atoms with Gasteiger partial charge in [-0.1, -0.05) is 0 Å². The smallest absolute Gasteiger partial charge is 0.306 e. The quantitative estimate of drug-likeness (QED) is 0.832. The van der Waals surface area contributed by atoms with E-state index in [9.17, 15) is 14.7 Å². The van der Waals surface area contributed by atoms with Crippen molar-refractivity contribution in [1.82, 2.24) is 9.38 Å². The number of carbonyl (C=O) groups is 1. The summed E-state index contributed by atoms with van der Waals surface area (Å²) in [5.74, 6) is 0.859. The highest BCUT2D eigenvalue weighted by Gasteiger charge is 2.57. The molecule has 26 heavy (non-hydrogen) atoms. The fourth-order valence-corrected chi connectivity index (χ4v) is 6.82. The van der Waals surface area contributed by atoms with Crippen molar-refractivity contribution in [1.29, 1.82) is 0 Å². The van der Waals surface area contributed by atoms with Crippen LogP contribution in [0.2, 0.25) is 0 Å². The van der Waals surface area contributed by atoms with Gasteiger partial charge in [0.15, 0.2) is 4.96 Å². The van der Waals surface area contributed by atoms with Crippen LogP contribution in [0.15, 0.2) is 22.4 Å². The van der Waals surface area contributed by atoms with Gasteiger partial charge < -0.3 is 9.84 Å². The number of hydrogen-bond acceptors (Lipinski definition) is 6. The third-order valence-electron chi connectivity index (χ3n) is 6.41. The molecule has 7 heteroatoms. The van der Waals surface area contributed by atoms with E-state index >= 15 is 0 Å². The maximum atomic E-state index is 12.5. The summed E-state index contributed by atoms with van der Waals surface area (Å²) in [6, 6.07) is 1.42. The summed E-state index contributed by atoms with van der Waals surface area (Å²) in [7, 11) is 0. The number of thiazole rings is 1. The van der Waals surface area contributed by atoms with Gasteiger partial charge in [-0.15, -0.1) is 11.3 Å². The first kappa shape index (κ1) is 16.4. The van der Waals surface area contributed by atoms with E-state index in [1.54, 1.807) is 11.6 Å². The zero-order chi connectivity index (χ0) is 17.9. The molecule has 2 aromatic rings. The van der Waals surface area contributed by atoms with Crippen molar-refractivity contribution < 1.29 is 14.6 Å². The Morgan fingerprint density at radius 3 is 2.85 bits per heavy atom. The van der Waals surface area contributed by atoms with Crippen LogP contribution < -0.4 is 5.56 Å². The number of ether oxygens (including phenoxy) is 1. The molecule has 0 radical (unpaired) electrons. The van der Waals surface area contributed by atoms with E-state index in [0.717, 1.165) is 32.1 Å². The third kappa shape index (κ3) is 2.77. The monoisotopic (exact) mass is 374 g/mol. The highest BCUT2D eigenvalue weighted by molar-refractivity contribution is 7.15. The summed E-state index contributed by atoms with van der Waals surface area (Å²) < 4.78 is 6.93. The number of rotatable bonds is 4. The molecule has 0 aromatic carbocycles. The Morgan fingerprint density at radius 1 is 1.35 bits per heavy atom. The summed E-state index contributed by atoms with van der Waals surface area (Å²) in [5.41, 5.74) is -0.341. The van der Waals surface area contributed by atoms with Gasteiger partial charge in [-0.25, -0.2) is 4.98 Å². The summed E-state index contributed by atoms with van der Waals surface area (Å²) >= 11 is 1.38. The Labute approximate surface area is 154 Å². The maximum absolute atomic E-state index is 12.5. The van der Waals surface area contributed by atoms with Gasteiger partial charge in [-0.2, -0.15) is 0 Å². The molecule has 0 amide bonds. The first-order valence-electron chi connectivity index (χ1n) is 9.26. The van der Waals surface area contributed by atoms with Crippen LogP contribution >= 0.6 is 11.3 Å². The number of nitrogens with zero attached hydrogens (tertiary/aromatic N) is 2. The van der Waals surface area contributed by atoms with Gasteiger partial charge in [0, 0.05) is 17.6 Å². The second-order valence-corrected chi connectivity index (χ2v) is 9.54. The molecule has 0 aliphatic heterocycles. The molecule has 6 nitrogen and oxygen atoms in total. The van der Waals surface area contributed by atoms with Crippen LogP contribution in [-0.2, 0) is 16.1 Å². The van der Waals surface area contributed by atoms with Gasteiger partial charge in [-0.3, -0.25) is 14.0 Å². The van der Waals surface area contributed by atoms with Crippen molar-refractivity contribution in [2.75, 3.05) is 0 Å². The number of aliphatic hydroxyl groups is 1. The van der Waals surface area contributed by atoms with Crippen LogP contribution in [0.5, 0.6) is 0 Å². The van der Waals surface area contributed by atoms with E-state index in [-0.39, 0.29) is 23.6 Å². The fraction of sp³-hybridized carbons (Fsp3) is 0.632. The molecule has 4 fully saturated rings. The molecule has 2 atom stereocenters. The zero-order valence-corrected chi connectivity index (χ0v) is 15.3. The SMILES string of the molecule is O=C(CC12C[C@H]3C[C@@H](CC(O)(C3)C1)C2)OCc1cc(=O)n2ccsc2n1. The van der Waals surface area contributed by atoms with Crippen molar-refractivity contribution in [3.05, 3.63) is 33.7 Å². The van der Waals surface area contributed by atoms with Gasteiger partial charge in [0.25, 0.3) is 5.56 Å². The predicted molar refractivity (Wildman–Crippen MR) is 95.8 cm³/mol. The Morgan fingerprint density at radius 2 is 2.12 bits per heavy atom. The minimum atomic E-state index is -0.565. The van der Waals surface area contributed by atoms with Crippen molar-refractivity contribution >= 4 is 22.3 Å². The molecule has 0 spiro atoms. The maximum Gasteiger partial charge on any atom is 0.306 e. The van der Waals surface area contributed by atoms with Crippen LogP contribution in [0.25, 0.3) is 4.96 Å². The second-order valence-electron chi connectivity index (χ2n) is 8.66. The van der Waals surface area contributed by atoms with E-state index in [4.69, 9.17) is 4.74 Å². The minimum absolute atomic E-state index is 0.0235. The topological polar surface area (TPSA) is 80.9 Å². The Balaban J connectivity index is 1.27. The molecule has 6 rings (SSSR count). The molecule has 2 aromatic heterocycles. The number of fused-ring (bicyclic) bond motifs is 1. The highest BCUT2D eigenvalue weighted by Crippen LogP contribution is 2.62. The molecule has 0 unspecified atom stereocenters. The molecule has 138 valence electrons. The molecule has 1 N–H and O–H groups in total. The number of aromatic nitrogens is 2. The normalized spacial score (nSPS) is 35.1. The second kappa shape index (κ2) is 5.63. The first-order chi connectivity index (χ1) is 12.4. The number of hydrogen-bond donors (Lipinski definition) is 1. The van der Waals surface area contributed by atoms with E-state index in [1.165, 1.54) is 28.2 Å². The van der Waals surface area contributed by atoms with Crippen molar-refractivity contribution in [2.45, 2.75) is 57.2 Å². The Bertz CT molecular complexity index is 919. The summed E-state index contributed by atoms with van der Waals surface area (Å²) in [5, 5.41) is 12.6. The largest absolute Gasteiger partial charge is 0.459 e. The van der Waals surface area contributed by atoms with E-state index in [0.29, 0.717) is 28.9 Å². The van der Waals surface area contributed by atoms with Crippen LogP contribution in [-0.4, -0.2) is 26.1 Å². The summed E-state index contributed by atoms with van der Waals surface area (Å²) in [6.45, 7) is 0.0235. The van der Waals surface area contributed by atoms with Crippen molar-refractivity contribution in [3.63, 3.8) is 0 Å². The van der Waals surface area contributed by atoms with Crippen LogP contribution in [0.4, 0.5) is 0 Å². The van der Waals surface area contributed by atoms with Crippen LogP contribution in [0, 0.1) is 17.3 Å². The van der Waals surface area contributed by atoms with Crippen molar-refractivity contribution in [2.24, 2.45) is 17.3 Å². The lowest BCUT2D eigenvalue weighted by atomic mass is 9.47. The molecule has 4 bridgehead atoms. The molecular weight excluding hydrogens is 352 g/mol. The van der Waals surface area contributed by atoms with Gasteiger partial charge in [0.2, 0.25) is 0 Å². The molecule has 4 aliphatic rings. The zero-order valence-electron chi connectivity index (χ0n) is 14.5. The third-order valence-corrected chi connectivity index (χ3v) is 7.16. The van der Waals surface area contributed by atoms with Gasteiger partial charge >= 0.3 is 5.97 Å². The molecule has 4 aliphatic carbocycles. The lowest BCUT2D eigenvalue weighted by molar-refractivity contribution is -0.177. The standard InChI is InChI=1S/C19H22N2O4S/c22-15-4-14(20-17-21(15)1-2-26-17)10-25-16(23)9-18-5-12-3-13(6-18)8-19(24,7-12)11-18/h1-2,4,12-13,24H,3,5-11H2/t12-,13-,18?,19?/m1/s1. The molecule has 0 saturated heterocycles. The average molecular weight is 374 g/mol. The average Bonchev–Trinajstić information content (AvgIpc) is 2.99. The summed E-state index contributed by atoms with van der Waals surface area (Å²) in [4.78, 5) is 29.5. The Hall–Kier alpha value is -1.73. The first-order valence-corrected chi connectivity index (χ1v) is 10.1. The van der Waals surface area contributed by atoms with Gasteiger partial charge in [0.1, 0.15) is 6.61 Å². The molecular formula is C19H22N2O4S. The summed E-state index contributed by atoms with van der Waals surface area (Å²) in [6.07, 6.45) is 7.83. The number of esters is 1. The lowest BCUT2D eigenvalue weighted by Gasteiger charge is -2.60. The predicted octanol–water partition coefficient (Wildman–Crippen LogP) is 2.52. The molecule has 4 saturated carbocycles. The van der Waals surface area contributed by atoms with Crippen molar-refractivity contribution in [3.8, 4) is 0 Å². The van der Waals surface area contributed by atoms with Crippen LogP contribution in [0.3, 0.4) is 0 Å². The lowest BCUT2D eigenvalue weighted by Crippen LogP contribution is -2.56. The van der Waals surface area contributed by atoms with E-state index in [2.05, 4.69) is 4.98 Å². The van der Waals surface area contributed by atoms with Gasteiger partial charge in [0.05, 0.1) is 17.7 Å². The highest BCUT2D eigenvalue weighted by atomic mass is 32.1. The van der Waals surface area contributed by atoms with E-state index in [1.807, 2.05) is 0 Å². The van der Waals surface area contributed by atoms with Gasteiger partial charge in [-0.05, 0) is 55.8 Å². The van der Waals surface area contributed by atoms with E-state index < -0.39 is 5.60 Å². The fourth-order valence-electron chi connectivity index (χ4n) is 6.08.